The van der Waals surface area contributed by atoms with Gasteiger partial charge in [0.25, 0.3) is 0 Å². The molecule has 2 N–H and O–H groups in total. The molecule has 32 heavy (non-hydrogen) atoms. The highest BCUT2D eigenvalue weighted by Crippen LogP contribution is 2.34. The van der Waals surface area contributed by atoms with Crippen LogP contribution in [0.4, 0.5) is 5.69 Å². The van der Waals surface area contributed by atoms with Crippen LogP contribution in [0.15, 0.2) is 67.3 Å². The van der Waals surface area contributed by atoms with Crippen molar-refractivity contribution in [2.75, 3.05) is 18.0 Å². The summed E-state index contributed by atoms with van der Waals surface area (Å²) in [5.41, 5.74) is 12.0. The van der Waals surface area contributed by atoms with Crippen molar-refractivity contribution in [1.82, 2.24) is 19.4 Å². The maximum Gasteiger partial charge on any atom is 0.244 e. The smallest absolute Gasteiger partial charge is 0.244 e. The first-order chi connectivity index (χ1) is 15.4. The number of aromatic nitrogens is 4. The Bertz CT molecular complexity index is 1400. The molecule has 0 atom stereocenters. The Morgan fingerprint density at radius 2 is 1.88 bits per heavy atom. The van der Waals surface area contributed by atoms with Gasteiger partial charge in [0.2, 0.25) is 5.91 Å². The lowest BCUT2D eigenvalue weighted by Gasteiger charge is -2.41. The van der Waals surface area contributed by atoms with Crippen molar-refractivity contribution in [2.45, 2.75) is 0 Å². The molecule has 4 aromatic rings. The zero-order chi connectivity index (χ0) is 22.4. The van der Waals surface area contributed by atoms with E-state index in [1.165, 1.54) is 0 Å². The first-order valence-electron chi connectivity index (χ1n) is 10.2. The number of aryl methyl sites for hydroxylation is 1. The number of nitrogens with two attached hydrogens (primary N) is 1. The second kappa shape index (κ2) is 7.39. The van der Waals surface area contributed by atoms with Gasteiger partial charge in [-0.25, -0.2) is 4.52 Å². The predicted octanol–water partition coefficient (Wildman–Crippen LogP) is 2.75. The predicted molar refractivity (Wildman–Crippen MR) is 122 cm³/mol. The summed E-state index contributed by atoms with van der Waals surface area (Å²) in [5.74, 6) is -0.329. The van der Waals surface area contributed by atoms with E-state index < -0.39 is 5.91 Å². The topological polar surface area (TPSA) is 105 Å². The van der Waals surface area contributed by atoms with Gasteiger partial charge in [0.1, 0.15) is 6.07 Å². The Balaban J connectivity index is 1.50. The van der Waals surface area contributed by atoms with Crippen LogP contribution < -0.4 is 10.6 Å². The van der Waals surface area contributed by atoms with Gasteiger partial charge in [0.05, 0.1) is 23.5 Å². The lowest BCUT2D eigenvalue weighted by molar-refractivity contribution is -0.115. The van der Waals surface area contributed by atoms with E-state index in [0.717, 1.165) is 46.5 Å². The van der Waals surface area contributed by atoms with Crippen LogP contribution in [0.5, 0.6) is 0 Å². The quantitative estimate of drug-likeness (QED) is 0.497. The highest BCUT2D eigenvalue weighted by atomic mass is 16.1. The summed E-state index contributed by atoms with van der Waals surface area (Å²) in [4.78, 5) is 13.5. The van der Waals surface area contributed by atoms with Gasteiger partial charge >= 0.3 is 0 Å². The summed E-state index contributed by atoms with van der Waals surface area (Å²) in [6.07, 6.45) is 7.26. The molecule has 1 saturated heterocycles. The summed E-state index contributed by atoms with van der Waals surface area (Å²) >= 11 is 0. The lowest BCUT2D eigenvalue weighted by Crippen LogP contribution is -2.49. The fourth-order valence-electron chi connectivity index (χ4n) is 4.11. The van der Waals surface area contributed by atoms with Gasteiger partial charge in [0.15, 0.2) is 0 Å². The Morgan fingerprint density at radius 1 is 1.12 bits per heavy atom. The lowest BCUT2D eigenvalue weighted by atomic mass is 9.91. The molecule has 8 nitrogen and oxygen atoms in total. The van der Waals surface area contributed by atoms with E-state index in [2.05, 4.69) is 33.8 Å². The zero-order valence-corrected chi connectivity index (χ0v) is 17.6. The number of rotatable bonds is 5. The number of pyridine rings is 1. The maximum absolute atomic E-state index is 11.3. The minimum Gasteiger partial charge on any atom is -0.370 e. The molecule has 0 aliphatic carbocycles. The molecule has 158 valence electrons. The van der Waals surface area contributed by atoms with Gasteiger partial charge in [-0.2, -0.15) is 15.5 Å². The van der Waals surface area contributed by atoms with Gasteiger partial charge in [-0.3, -0.25) is 9.48 Å². The van der Waals surface area contributed by atoms with Crippen LogP contribution in [0.3, 0.4) is 0 Å². The highest BCUT2D eigenvalue weighted by molar-refractivity contribution is 5.92. The summed E-state index contributed by atoms with van der Waals surface area (Å²) in [6.45, 7) is 5.24. The highest BCUT2D eigenvalue weighted by Gasteiger charge is 2.31. The fourth-order valence-corrected chi connectivity index (χ4v) is 4.11. The fraction of sp³-hybridized carbons (Fsp3) is 0.167. The van der Waals surface area contributed by atoms with E-state index in [0.29, 0.717) is 11.1 Å². The first kappa shape index (κ1) is 19.6. The van der Waals surface area contributed by atoms with Crippen LogP contribution in [0.2, 0.25) is 0 Å². The molecule has 3 aromatic heterocycles. The van der Waals surface area contributed by atoms with E-state index in [1.807, 2.05) is 49.9 Å². The molecule has 1 fully saturated rings. The number of anilines is 1. The summed E-state index contributed by atoms with van der Waals surface area (Å²) in [6, 6.07) is 12.5. The van der Waals surface area contributed by atoms with Crippen LogP contribution in [0.25, 0.3) is 27.8 Å². The molecule has 1 aliphatic rings. The number of primary amides is 1. The van der Waals surface area contributed by atoms with Crippen molar-refractivity contribution in [3.8, 4) is 28.3 Å². The molecule has 0 radical (unpaired) electrons. The molecular formula is C24H21N7O. The number of carbonyl (C=O) groups excluding carboxylic acids is 1. The minimum atomic E-state index is -0.434. The van der Waals surface area contributed by atoms with Crippen molar-refractivity contribution in [3.05, 3.63) is 72.8 Å². The van der Waals surface area contributed by atoms with Crippen LogP contribution in [0, 0.1) is 17.2 Å². The molecule has 5 rings (SSSR count). The Labute approximate surface area is 184 Å². The second-order valence-electron chi connectivity index (χ2n) is 8.05. The molecule has 0 bridgehead atoms. The Morgan fingerprint density at radius 3 is 2.50 bits per heavy atom. The number of benzene rings is 1. The molecule has 8 heteroatoms. The van der Waals surface area contributed by atoms with Crippen LogP contribution in [0.1, 0.15) is 5.56 Å². The van der Waals surface area contributed by atoms with Gasteiger partial charge in [-0.05, 0) is 23.8 Å². The van der Waals surface area contributed by atoms with Crippen LogP contribution >= 0.6 is 0 Å². The third-order valence-electron chi connectivity index (χ3n) is 6.00. The van der Waals surface area contributed by atoms with Gasteiger partial charge in [-0.15, -0.1) is 0 Å². The Kier molecular flexibility index (Phi) is 4.52. The number of amides is 1. The van der Waals surface area contributed by atoms with Gasteiger partial charge in [0, 0.05) is 66.4 Å². The van der Waals surface area contributed by atoms with Crippen molar-refractivity contribution < 1.29 is 4.79 Å². The van der Waals surface area contributed by atoms with E-state index in [-0.39, 0.29) is 5.92 Å². The average Bonchev–Trinajstić information content (AvgIpc) is 3.38. The number of fused-ring (bicyclic) bond motifs is 1. The number of carbonyl (C=O) groups is 1. The zero-order valence-electron chi connectivity index (χ0n) is 17.6. The number of nitriles is 1. The van der Waals surface area contributed by atoms with E-state index in [4.69, 9.17) is 5.73 Å². The third-order valence-corrected chi connectivity index (χ3v) is 6.00. The summed E-state index contributed by atoms with van der Waals surface area (Å²) < 4.78 is 3.50. The van der Waals surface area contributed by atoms with Crippen molar-refractivity contribution in [1.29, 1.82) is 5.26 Å². The number of nitrogens with zero attached hydrogens (tertiary/aromatic N) is 6. The summed E-state index contributed by atoms with van der Waals surface area (Å²) in [5, 5.41) is 18.2. The molecule has 0 spiro atoms. The molecular weight excluding hydrogens is 402 g/mol. The largest absolute Gasteiger partial charge is 0.370 e. The van der Waals surface area contributed by atoms with E-state index >= 15 is 0 Å². The average molecular weight is 423 g/mol. The second-order valence-corrected chi connectivity index (χ2v) is 8.05. The van der Waals surface area contributed by atoms with E-state index in [1.54, 1.807) is 15.4 Å². The SMILES string of the molecule is C=C(C(N)=O)C1CN(c2ccc(-c3cc(-c4cnn(C)c4)cn4ncc(C#N)c34)cc2)C1. The van der Waals surface area contributed by atoms with Gasteiger partial charge < -0.3 is 10.6 Å². The normalized spacial score (nSPS) is 13.7. The van der Waals surface area contributed by atoms with Crippen LogP contribution in [-0.2, 0) is 11.8 Å². The van der Waals surface area contributed by atoms with Crippen molar-refractivity contribution in [3.63, 3.8) is 0 Å². The van der Waals surface area contributed by atoms with E-state index in [9.17, 15) is 10.1 Å². The first-order valence-corrected chi connectivity index (χ1v) is 10.2. The maximum atomic E-state index is 11.3. The standard InChI is InChI=1S/C24H21N7O/c1-15(24(26)32)20-12-30(13-20)21-5-3-16(4-6-21)22-7-17(19-10-27-29(2)11-19)14-31-23(22)18(8-25)9-28-31/h3-7,9-11,14,20H,1,12-13H2,2H3,(H2,26,32). The molecule has 4 heterocycles. The van der Waals surface area contributed by atoms with Crippen molar-refractivity contribution in [2.24, 2.45) is 18.7 Å². The molecule has 1 aromatic carbocycles. The molecule has 1 amide bonds. The van der Waals surface area contributed by atoms with Crippen LogP contribution in [-0.4, -0.2) is 38.4 Å². The monoisotopic (exact) mass is 423 g/mol. The van der Waals surface area contributed by atoms with Gasteiger partial charge in [-0.1, -0.05) is 18.7 Å². The minimum absolute atomic E-state index is 0.105. The molecule has 0 saturated carbocycles. The molecule has 1 aliphatic heterocycles. The van der Waals surface area contributed by atoms with Crippen molar-refractivity contribution >= 4 is 17.1 Å². The number of hydrogen-bond acceptors (Lipinski definition) is 5. The summed E-state index contributed by atoms with van der Waals surface area (Å²) in [7, 11) is 1.88. The molecule has 0 unspecified atom stereocenters. The number of hydrogen-bond donors (Lipinski definition) is 1. The third kappa shape index (κ3) is 3.20. The Hall–Kier alpha value is -4.38.